The number of nitrogens with one attached hydrogen (secondary N) is 1. The van der Waals surface area contributed by atoms with E-state index in [0.717, 1.165) is 0 Å². The summed E-state index contributed by atoms with van der Waals surface area (Å²) in [6.45, 7) is 4.75. The molecule has 0 heterocycles. The lowest BCUT2D eigenvalue weighted by molar-refractivity contribution is -0.137. The van der Waals surface area contributed by atoms with E-state index in [0.29, 0.717) is 0 Å². The van der Waals surface area contributed by atoms with Gasteiger partial charge in [-0.05, 0) is 46.1 Å². The van der Waals surface area contributed by atoms with Gasteiger partial charge in [0.2, 0.25) is 0 Å². The van der Waals surface area contributed by atoms with Crippen molar-refractivity contribution in [3.8, 4) is 0 Å². The average molecular weight is 472 g/mol. The van der Waals surface area contributed by atoms with Crippen LogP contribution in [-0.4, -0.2) is 37.5 Å². The minimum atomic E-state index is -6.03. The molecule has 0 saturated heterocycles. The van der Waals surface area contributed by atoms with Crippen molar-refractivity contribution in [3.63, 3.8) is 0 Å². The van der Waals surface area contributed by atoms with Crippen LogP contribution in [0.3, 0.4) is 0 Å². The lowest BCUT2D eigenvalue weighted by Gasteiger charge is -2.40. The smallest absolute Gasteiger partial charge is 0.444 e. The molecular formula is C18H21ClF3NO6S. The predicted octanol–water partition coefficient (Wildman–Crippen LogP) is 4.05. The van der Waals surface area contributed by atoms with Gasteiger partial charge < -0.3 is 10.1 Å². The van der Waals surface area contributed by atoms with Gasteiger partial charge in [-0.15, -0.1) is 0 Å². The Morgan fingerprint density at radius 1 is 1.23 bits per heavy atom. The van der Waals surface area contributed by atoms with Gasteiger partial charge in [-0.2, -0.15) is 21.6 Å². The summed E-state index contributed by atoms with van der Waals surface area (Å²) in [4.78, 5) is 25.7. The van der Waals surface area contributed by atoms with Gasteiger partial charge in [-0.1, -0.05) is 29.8 Å². The molecule has 1 N–H and O–H groups in total. The van der Waals surface area contributed by atoms with Crippen LogP contribution in [0.25, 0.3) is 0 Å². The zero-order chi connectivity index (χ0) is 23.0. The fourth-order valence-electron chi connectivity index (χ4n) is 3.13. The van der Waals surface area contributed by atoms with Crippen LogP contribution < -0.4 is 5.32 Å². The van der Waals surface area contributed by atoms with E-state index >= 15 is 0 Å². The Morgan fingerprint density at radius 2 is 1.83 bits per heavy atom. The lowest BCUT2D eigenvalue weighted by Crippen LogP contribution is -2.59. The summed E-state index contributed by atoms with van der Waals surface area (Å²) in [6, 6.07) is 5.92. The van der Waals surface area contributed by atoms with E-state index in [2.05, 4.69) is 9.50 Å². The zero-order valence-electron chi connectivity index (χ0n) is 16.4. The summed E-state index contributed by atoms with van der Waals surface area (Å²) < 4.78 is 70.6. The fraction of sp³-hybridized carbons (Fsp3) is 0.556. The van der Waals surface area contributed by atoms with Crippen molar-refractivity contribution in [1.29, 1.82) is 0 Å². The number of halogens is 4. The Hall–Kier alpha value is -1.85. The topological polar surface area (TPSA) is 98.8 Å². The second-order valence-corrected chi connectivity index (χ2v) is 9.72. The first-order valence-electron chi connectivity index (χ1n) is 8.89. The number of ether oxygens (including phenoxy) is 1. The first kappa shape index (κ1) is 24.4. The number of carbonyl (C=O) groups excluding carboxylic acids is 2. The number of hydrogen-bond donors (Lipinski definition) is 1. The highest BCUT2D eigenvalue weighted by Gasteiger charge is 2.54. The van der Waals surface area contributed by atoms with Crippen LogP contribution in [0.15, 0.2) is 24.3 Å². The van der Waals surface area contributed by atoms with E-state index in [9.17, 15) is 31.2 Å². The maximum atomic E-state index is 13.2. The number of amides is 1. The van der Waals surface area contributed by atoms with Crippen molar-refractivity contribution in [2.75, 3.05) is 0 Å². The molecular weight excluding hydrogens is 451 g/mol. The van der Waals surface area contributed by atoms with Crippen LogP contribution in [-0.2, 0) is 29.4 Å². The molecule has 0 aliphatic heterocycles. The van der Waals surface area contributed by atoms with Crippen molar-refractivity contribution in [2.45, 2.75) is 62.8 Å². The van der Waals surface area contributed by atoms with Gasteiger partial charge in [-0.25, -0.2) is 4.79 Å². The van der Waals surface area contributed by atoms with Crippen molar-refractivity contribution in [1.82, 2.24) is 5.32 Å². The minimum absolute atomic E-state index is 0.0409. The Balaban J connectivity index is 2.49. The highest BCUT2D eigenvalue weighted by Crippen LogP contribution is 2.40. The van der Waals surface area contributed by atoms with E-state index in [1.165, 1.54) is 18.2 Å². The number of carbonyl (C=O) groups is 2. The number of ketones is 1. The second kappa shape index (κ2) is 8.35. The van der Waals surface area contributed by atoms with Crippen molar-refractivity contribution in [3.05, 3.63) is 34.9 Å². The normalized spacial score (nSPS) is 23.2. The van der Waals surface area contributed by atoms with E-state index in [4.69, 9.17) is 16.3 Å². The number of rotatable bonds is 4. The van der Waals surface area contributed by atoms with Gasteiger partial charge in [0.1, 0.15) is 17.2 Å². The predicted molar refractivity (Wildman–Crippen MR) is 101 cm³/mol. The quantitative estimate of drug-likeness (QED) is 0.525. The third-order valence-corrected chi connectivity index (χ3v) is 5.69. The Labute approximate surface area is 177 Å². The van der Waals surface area contributed by atoms with Gasteiger partial charge in [0, 0.05) is 10.6 Å². The van der Waals surface area contributed by atoms with E-state index in [1.54, 1.807) is 26.8 Å². The summed E-state index contributed by atoms with van der Waals surface area (Å²) in [5.41, 5.74) is -8.46. The number of alkyl halides is 3. The fourth-order valence-corrected chi connectivity index (χ4v) is 4.02. The van der Waals surface area contributed by atoms with Crippen molar-refractivity contribution >= 4 is 33.6 Å². The molecule has 30 heavy (non-hydrogen) atoms. The third kappa shape index (κ3) is 5.25. The van der Waals surface area contributed by atoms with Gasteiger partial charge >= 0.3 is 21.7 Å². The molecule has 1 aliphatic carbocycles. The molecule has 0 spiro atoms. The van der Waals surface area contributed by atoms with E-state index in [-0.39, 0.29) is 29.8 Å². The molecule has 1 aromatic rings. The molecule has 1 saturated carbocycles. The highest BCUT2D eigenvalue weighted by molar-refractivity contribution is 7.87. The van der Waals surface area contributed by atoms with Gasteiger partial charge in [0.05, 0.1) is 0 Å². The summed E-state index contributed by atoms with van der Waals surface area (Å²) in [5, 5.41) is 2.46. The van der Waals surface area contributed by atoms with Gasteiger partial charge in [-0.3, -0.25) is 8.98 Å². The molecule has 7 nitrogen and oxygen atoms in total. The van der Waals surface area contributed by atoms with Crippen LogP contribution in [0.1, 0.15) is 45.6 Å². The van der Waals surface area contributed by atoms with Crippen molar-refractivity contribution < 1.29 is 40.1 Å². The van der Waals surface area contributed by atoms with E-state index < -0.39 is 44.7 Å². The summed E-state index contributed by atoms with van der Waals surface area (Å²) >= 11 is 6.20. The standard InChI is InChI=1S/C18H21ClF3NO6S/c1-16(2,3)28-15(25)23-17(11-7-4-5-8-12(11)19)10-6-9-13(14(17)24)29-30(26,27)18(20,21)22/h4-5,7-8,13H,6,9-10H2,1-3H3,(H,23,25)/t13-,17-/m0/s1. The Kier molecular flexibility index (Phi) is 6.80. The highest BCUT2D eigenvalue weighted by atomic mass is 35.5. The van der Waals surface area contributed by atoms with Crippen molar-refractivity contribution in [2.24, 2.45) is 0 Å². The molecule has 0 aromatic heterocycles. The molecule has 0 unspecified atom stereocenters. The molecule has 0 radical (unpaired) electrons. The molecule has 1 fully saturated rings. The summed E-state index contributed by atoms with van der Waals surface area (Å²) in [7, 11) is -6.03. The molecule has 1 amide bonds. The minimum Gasteiger partial charge on any atom is -0.444 e. The van der Waals surface area contributed by atoms with E-state index in [1.807, 2.05) is 0 Å². The monoisotopic (exact) mass is 471 g/mol. The molecule has 0 bridgehead atoms. The molecule has 2 atom stereocenters. The molecule has 1 aliphatic rings. The summed E-state index contributed by atoms with van der Waals surface area (Å²) in [6.07, 6.45) is -3.23. The Bertz CT molecular complexity index is 929. The third-order valence-electron chi connectivity index (χ3n) is 4.31. The molecule has 12 heteroatoms. The van der Waals surface area contributed by atoms with Gasteiger partial charge in [0.15, 0.2) is 5.78 Å². The van der Waals surface area contributed by atoms with Crippen LogP contribution in [0.2, 0.25) is 5.02 Å². The Morgan fingerprint density at radius 3 is 2.37 bits per heavy atom. The maximum absolute atomic E-state index is 13.2. The number of hydrogen-bond acceptors (Lipinski definition) is 6. The van der Waals surface area contributed by atoms with Crippen LogP contribution >= 0.6 is 11.6 Å². The number of alkyl carbamates (subject to hydrolysis) is 1. The first-order valence-corrected chi connectivity index (χ1v) is 10.7. The molecule has 168 valence electrons. The average Bonchev–Trinajstić information content (AvgIpc) is 2.56. The number of Topliss-reactive ketones (excluding diaryl/α,β-unsaturated/α-hetero) is 1. The second-order valence-electron chi connectivity index (χ2n) is 7.75. The number of benzene rings is 1. The summed E-state index contributed by atoms with van der Waals surface area (Å²) in [5.74, 6) is -1.07. The first-order chi connectivity index (χ1) is 13.6. The molecule has 2 rings (SSSR count). The van der Waals surface area contributed by atoms with Gasteiger partial charge in [0.25, 0.3) is 0 Å². The maximum Gasteiger partial charge on any atom is 0.523 e. The van der Waals surface area contributed by atoms with Crippen LogP contribution in [0.5, 0.6) is 0 Å². The largest absolute Gasteiger partial charge is 0.523 e. The molecule has 1 aromatic carbocycles. The van der Waals surface area contributed by atoms with Crippen LogP contribution in [0.4, 0.5) is 18.0 Å². The lowest BCUT2D eigenvalue weighted by atomic mass is 9.74. The van der Waals surface area contributed by atoms with Crippen LogP contribution in [0, 0.1) is 0 Å². The SMILES string of the molecule is CC(C)(C)OC(=O)N[C@]1(c2ccccc2Cl)CCC[C@H](OS(=O)(=O)C(F)(F)F)C1=O. The zero-order valence-corrected chi connectivity index (χ0v) is 18.0.